The summed E-state index contributed by atoms with van der Waals surface area (Å²) in [4.78, 5) is 0. The first-order valence-corrected chi connectivity index (χ1v) is 10.3. The smallest absolute Gasteiger partial charge is 0.0125 e. The average molecular weight is 368 g/mol. The molecule has 0 saturated carbocycles. The summed E-state index contributed by atoms with van der Waals surface area (Å²) in [6.45, 7) is 2.15. The Balaban J connectivity index is 1.93. The van der Waals surface area contributed by atoms with E-state index in [9.17, 15) is 0 Å². The molecule has 3 unspecified atom stereocenters. The highest BCUT2D eigenvalue weighted by Gasteiger charge is 2.05. The molecule has 122 valence electrons. The van der Waals surface area contributed by atoms with Crippen molar-refractivity contribution in [3.63, 3.8) is 0 Å². The van der Waals surface area contributed by atoms with Gasteiger partial charge in [0, 0.05) is 0 Å². The Labute approximate surface area is 152 Å². The standard InChI is InChI=1S/C21H23P3/c1-14-10-17(8-9-21(14)24)15-2-4-16(5-3-15)18-6-7-19(12-22)20(11-18)13-23/h2-11H,12-13,22-24H2,1H3. The summed E-state index contributed by atoms with van der Waals surface area (Å²) >= 11 is 0. The summed E-state index contributed by atoms with van der Waals surface area (Å²) in [5, 5.41) is 1.26. The van der Waals surface area contributed by atoms with Crippen LogP contribution in [0.3, 0.4) is 0 Å². The Bertz CT molecular complexity index is 851. The molecule has 0 amide bonds. The van der Waals surface area contributed by atoms with Crippen molar-refractivity contribution in [2.24, 2.45) is 0 Å². The van der Waals surface area contributed by atoms with Gasteiger partial charge in [0.25, 0.3) is 0 Å². The SMILES string of the molecule is Cc1cc(-c2ccc(-c3ccc(CP)c(CP)c3)cc2)ccc1P. The van der Waals surface area contributed by atoms with E-state index < -0.39 is 0 Å². The molecule has 24 heavy (non-hydrogen) atoms. The fraction of sp³-hybridized carbons (Fsp3) is 0.143. The second-order valence-electron chi connectivity index (χ2n) is 6.04. The van der Waals surface area contributed by atoms with Crippen molar-refractivity contribution in [2.45, 2.75) is 19.2 Å². The molecular weight excluding hydrogens is 345 g/mol. The van der Waals surface area contributed by atoms with Gasteiger partial charge in [-0.05, 0) is 63.5 Å². The molecule has 0 heterocycles. The predicted octanol–water partition coefficient (Wildman–Crippen LogP) is 5.58. The molecule has 3 heteroatoms. The maximum absolute atomic E-state index is 2.84. The zero-order chi connectivity index (χ0) is 17.1. The largest absolute Gasteiger partial charge is 0.133 e. The Kier molecular flexibility index (Phi) is 5.84. The lowest BCUT2D eigenvalue weighted by atomic mass is 9.97. The number of hydrogen-bond donors (Lipinski definition) is 0. The Morgan fingerprint density at radius 1 is 0.625 bits per heavy atom. The second kappa shape index (κ2) is 7.89. The van der Waals surface area contributed by atoms with Gasteiger partial charge in [0.05, 0.1) is 0 Å². The normalized spacial score (nSPS) is 10.8. The molecule has 3 aromatic carbocycles. The summed E-state index contributed by atoms with van der Waals surface area (Å²) in [6, 6.07) is 22.3. The summed E-state index contributed by atoms with van der Waals surface area (Å²) in [6.07, 6.45) is 2.00. The molecule has 3 rings (SSSR count). The summed E-state index contributed by atoms with van der Waals surface area (Å²) in [7, 11) is 8.44. The van der Waals surface area contributed by atoms with Crippen LogP contribution in [0.5, 0.6) is 0 Å². The van der Waals surface area contributed by atoms with Gasteiger partial charge in [0.15, 0.2) is 0 Å². The van der Waals surface area contributed by atoms with Crippen molar-refractivity contribution in [3.05, 3.63) is 77.4 Å². The first kappa shape index (κ1) is 17.8. The van der Waals surface area contributed by atoms with Crippen LogP contribution in [0, 0.1) is 6.92 Å². The van der Waals surface area contributed by atoms with Crippen LogP contribution in [-0.4, -0.2) is 0 Å². The number of aryl methyl sites for hydroxylation is 1. The molecular formula is C21H23P3. The third-order valence-electron chi connectivity index (χ3n) is 4.47. The summed E-state index contributed by atoms with van der Waals surface area (Å²) in [5.41, 5.74) is 9.21. The molecule has 0 N–H and O–H groups in total. The molecule has 0 radical (unpaired) electrons. The van der Waals surface area contributed by atoms with Crippen LogP contribution in [0.1, 0.15) is 16.7 Å². The van der Waals surface area contributed by atoms with Gasteiger partial charge in [-0.2, -0.15) is 0 Å². The molecule has 0 nitrogen and oxygen atoms in total. The van der Waals surface area contributed by atoms with Crippen LogP contribution in [0.15, 0.2) is 60.7 Å². The van der Waals surface area contributed by atoms with E-state index in [-0.39, 0.29) is 0 Å². The van der Waals surface area contributed by atoms with Gasteiger partial charge >= 0.3 is 0 Å². The van der Waals surface area contributed by atoms with Gasteiger partial charge in [0.2, 0.25) is 0 Å². The molecule has 0 saturated heterocycles. The molecule has 0 fully saturated rings. The molecule has 0 spiro atoms. The van der Waals surface area contributed by atoms with E-state index in [0.717, 1.165) is 12.3 Å². The molecule has 3 atom stereocenters. The fourth-order valence-electron chi connectivity index (χ4n) is 2.91. The Morgan fingerprint density at radius 3 is 1.67 bits per heavy atom. The van der Waals surface area contributed by atoms with Crippen LogP contribution >= 0.6 is 27.7 Å². The maximum Gasteiger partial charge on any atom is -0.0125 e. The van der Waals surface area contributed by atoms with Crippen molar-refractivity contribution >= 4 is 33.0 Å². The van der Waals surface area contributed by atoms with Crippen molar-refractivity contribution in [1.29, 1.82) is 0 Å². The first-order valence-electron chi connectivity index (χ1n) is 8.11. The molecule has 3 aromatic rings. The van der Waals surface area contributed by atoms with E-state index in [1.54, 1.807) is 0 Å². The third-order valence-corrected chi connectivity index (χ3v) is 5.99. The van der Waals surface area contributed by atoms with Crippen LogP contribution in [0.4, 0.5) is 0 Å². The van der Waals surface area contributed by atoms with Crippen LogP contribution < -0.4 is 5.30 Å². The van der Waals surface area contributed by atoms with Crippen LogP contribution in [-0.2, 0) is 12.3 Å². The fourth-order valence-corrected chi connectivity index (χ4v) is 3.86. The van der Waals surface area contributed by atoms with Crippen molar-refractivity contribution < 1.29 is 0 Å². The van der Waals surface area contributed by atoms with Crippen molar-refractivity contribution in [1.82, 2.24) is 0 Å². The molecule has 0 aromatic heterocycles. The van der Waals surface area contributed by atoms with E-state index in [0.29, 0.717) is 0 Å². The topological polar surface area (TPSA) is 0 Å². The van der Waals surface area contributed by atoms with Gasteiger partial charge in [-0.15, -0.1) is 27.7 Å². The Morgan fingerprint density at radius 2 is 1.12 bits per heavy atom. The van der Waals surface area contributed by atoms with Gasteiger partial charge in [-0.1, -0.05) is 60.7 Å². The van der Waals surface area contributed by atoms with Gasteiger partial charge < -0.3 is 0 Å². The minimum absolute atomic E-state index is 0.996. The minimum Gasteiger partial charge on any atom is -0.133 e. The molecule has 0 aliphatic carbocycles. The highest BCUT2D eigenvalue weighted by atomic mass is 31.0. The highest BCUT2D eigenvalue weighted by molar-refractivity contribution is 7.27. The lowest BCUT2D eigenvalue weighted by Crippen LogP contribution is -1.95. The highest BCUT2D eigenvalue weighted by Crippen LogP contribution is 2.28. The lowest BCUT2D eigenvalue weighted by Gasteiger charge is -2.10. The first-order chi connectivity index (χ1) is 11.6. The van der Waals surface area contributed by atoms with Crippen LogP contribution in [0.25, 0.3) is 22.3 Å². The zero-order valence-corrected chi connectivity index (χ0v) is 17.4. The minimum atomic E-state index is 0.996. The van der Waals surface area contributed by atoms with Gasteiger partial charge in [-0.3, -0.25) is 0 Å². The quantitative estimate of drug-likeness (QED) is 0.528. The van der Waals surface area contributed by atoms with Gasteiger partial charge in [0.1, 0.15) is 0 Å². The number of hydrogen-bond acceptors (Lipinski definition) is 0. The van der Waals surface area contributed by atoms with E-state index in [4.69, 9.17) is 0 Å². The molecule has 0 aliphatic heterocycles. The number of rotatable bonds is 4. The average Bonchev–Trinajstić information content (AvgIpc) is 2.63. The number of benzene rings is 3. The Hall–Kier alpha value is -1.05. The summed E-state index contributed by atoms with van der Waals surface area (Å²) in [5.74, 6) is 0. The van der Waals surface area contributed by atoms with Gasteiger partial charge in [-0.25, -0.2) is 0 Å². The predicted molar refractivity (Wildman–Crippen MR) is 118 cm³/mol. The molecule has 0 aliphatic rings. The maximum atomic E-state index is 2.84. The van der Waals surface area contributed by atoms with E-state index in [1.165, 1.54) is 44.2 Å². The van der Waals surface area contributed by atoms with E-state index in [1.807, 2.05) is 0 Å². The van der Waals surface area contributed by atoms with E-state index >= 15 is 0 Å². The van der Waals surface area contributed by atoms with E-state index in [2.05, 4.69) is 95.3 Å². The monoisotopic (exact) mass is 368 g/mol. The molecule has 0 bridgehead atoms. The third kappa shape index (κ3) is 3.78. The second-order valence-corrected chi connectivity index (χ2v) is 7.48. The van der Waals surface area contributed by atoms with Crippen molar-refractivity contribution in [2.75, 3.05) is 0 Å². The summed E-state index contributed by atoms with van der Waals surface area (Å²) < 4.78 is 0. The zero-order valence-electron chi connectivity index (χ0n) is 13.9. The van der Waals surface area contributed by atoms with Crippen LogP contribution in [0.2, 0.25) is 0 Å². The van der Waals surface area contributed by atoms with Crippen molar-refractivity contribution in [3.8, 4) is 22.3 Å². The lowest BCUT2D eigenvalue weighted by molar-refractivity contribution is 1.28.